The van der Waals surface area contributed by atoms with Crippen molar-refractivity contribution in [1.29, 1.82) is 0 Å². The van der Waals surface area contributed by atoms with Crippen LogP contribution in [-0.2, 0) is 19.6 Å². The van der Waals surface area contributed by atoms with Gasteiger partial charge >= 0.3 is 0 Å². The minimum absolute atomic E-state index is 0.0227. The van der Waals surface area contributed by atoms with Crippen molar-refractivity contribution in [2.75, 3.05) is 7.11 Å². The number of hydrogen-bond acceptors (Lipinski definition) is 5. The number of sulfonamides is 1. The number of aryl methyl sites for hydroxylation is 1. The van der Waals surface area contributed by atoms with E-state index in [9.17, 15) is 18.0 Å². The molecule has 7 nitrogen and oxygen atoms in total. The molecule has 1 aliphatic heterocycles. The Hall–Kier alpha value is -2.09. The maximum atomic E-state index is 13.0. The van der Waals surface area contributed by atoms with E-state index in [2.05, 4.69) is 5.32 Å². The van der Waals surface area contributed by atoms with Crippen LogP contribution < -0.4 is 10.1 Å². The summed E-state index contributed by atoms with van der Waals surface area (Å²) in [7, 11) is -2.61. The first-order valence-corrected chi connectivity index (χ1v) is 10.2. The van der Waals surface area contributed by atoms with E-state index in [1.807, 2.05) is 13.8 Å². The molecule has 0 radical (unpaired) electrons. The fourth-order valence-corrected chi connectivity index (χ4v) is 4.86. The maximum Gasteiger partial charge on any atom is 0.267 e. The molecule has 0 aromatic heterocycles. The minimum Gasteiger partial charge on any atom is -0.496 e. The summed E-state index contributed by atoms with van der Waals surface area (Å²) in [5, 5.41) is 2.81. The zero-order valence-corrected chi connectivity index (χ0v) is 16.4. The van der Waals surface area contributed by atoms with Crippen LogP contribution in [0.3, 0.4) is 0 Å². The fourth-order valence-electron chi connectivity index (χ4n) is 3.17. The minimum atomic E-state index is -4.11. The number of methoxy groups -OCH3 is 1. The van der Waals surface area contributed by atoms with E-state index in [-0.39, 0.29) is 23.8 Å². The second-order valence-electron chi connectivity index (χ2n) is 6.58. The molecule has 2 rings (SSSR count). The van der Waals surface area contributed by atoms with Crippen molar-refractivity contribution in [2.24, 2.45) is 0 Å². The molecule has 1 aliphatic rings. The molecule has 2 amide bonds. The van der Waals surface area contributed by atoms with Crippen molar-refractivity contribution in [3.63, 3.8) is 0 Å². The summed E-state index contributed by atoms with van der Waals surface area (Å²) < 4.78 is 31.9. The lowest BCUT2D eigenvalue weighted by atomic mass is 10.1. The predicted molar refractivity (Wildman–Crippen MR) is 97.3 cm³/mol. The molecule has 26 heavy (non-hydrogen) atoms. The van der Waals surface area contributed by atoms with Crippen molar-refractivity contribution in [2.45, 2.75) is 63.4 Å². The summed E-state index contributed by atoms with van der Waals surface area (Å²) in [5.74, 6) is -0.424. The zero-order valence-electron chi connectivity index (χ0n) is 15.6. The number of amides is 2. The molecule has 0 spiro atoms. The van der Waals surface area contributed by atoms with Crippen molar-refractivity contribution in [3.8, 4) is 5.75 Å². The van der Waals surface area contributed by atoms with Crippen LogP contribution >= 0.6 is 0 Å². The highest BCUT2D eigenvalue weighted by atomic mass is 32.2. The van der Waals surface area contributed by atoms with Gasteiger partial charge in [0, 0.05) is 12.5 Å². The zero-order chi connectivity index (χ0) is 19.5. The van der Waals surface area contributed by atoms with Crippen LogP contribution in [0.4, 0.5) is 0 Å². The molecule has 1 aromatic rings. The van der Waals surface area contributed by atoms with Gasteiger partial charge in [0.15, 0.2) is 0 Å². The van der Waals surface area contributed by atoms with Gasteiger partial charge in [-0.25, -0.2) is 12.7 Å². The number of nitrogens with one attached hydrogen (secondary N) is 1. The second-order valence-corrected chi connectivity index (χ2v) is 8.39. The lowest BCUT2D eigenvalue weighted by molar-refractivity contribution is -0.131. The molecule has 1 aromatic carbocycles. The molecular formula is C18H26N2O5S. The Kier molecular flexibility index (Phi) is 6.28. The third kappa shape index (κ3) is 4.00. The number of hydrogen-bond donors (Lipinski definition) is 1. The molecular weight excluding hydrogens is 356 g/mol. The lowest BCUT2D eigenvalue weighted by Gasteiger charge is -2.25. The largest absolute Gasteiger partial charge is 0.496 e. The van der Waals surface area contributed by atoms with Crippen LogP contribution in [0.15, 0.2) is 23.1 Å². The van der Waals surface area contributed by atoms with E-state index in [1.54, 1.807) is 13.0 Å². The average molecular weight is 382 g/mol. The van der Waals surface area contributed by atoms with Crippen LogP contribution in [0, 0.1) is 6.92 Å². The molecule has 0 aliphatic carbocycles. The third-order valence-electron chi connectivity index (χ3n) is 4.50. The van der Waals surface area contributed by atoms with Gasteiger partial charge < -0.3 is 10.1 Å². The standard InChI is InChI=1S/C18H26N2O5S/c1-5-6-13(3)19-18(22)15-8-10-17(21)20(15)26(23,24)14-7-9-16(25-4)12(2)11-14/h7,9,11,13,15H,5-6,8,10H2,1-4H3,(H,19,22)/t13-,15-/m1/s1. The van der Waals surface area contributed by atoms with Crippen molar-refractivity contribution >= 4 is 21.8 Å². The molecule has 1 N–H and O–H groups in total. The molecule has 0 bridgehead atoms. The quantitative estimate of drug-likeness (QED) is 0.778. The molecule has 0 saturated carbocycles. The highest BCUT2D eigenvalue weighted by Gasteiger charge is 2.44. The van der Waals surface area contributed by atoms with E-state index in [4.69, 9.17) is 4.74 Å². The van der Waals surface area contributed by atoms with Crippen LogP contribution in [0.25, 0.3) is 0 Å². The Morgan fingerprint density at radius 2 is 2.12 bits per heavy atom. The summed E-state index contributed by atoms with van der Waals surface area (Å²) in [6.07, 6.45) is 1.92. The summed E-state index contributed by atoms with van der Waals surface area (Å²) in [5.41, 5.74) is 0.637. The number of benzene rings is 1. The number of ether oxygens (including phenoxy) is 1. The Bertz CT molecular complexity index is 791. The predicted octanol–water partition coefficient (Wildman–Crippen LogP) is 1.99. The van der Waals surface area contributed by atoms with E-state index in [1.165, 1.54) is 19.2 Å². The van der Waals surface area contributed by atoms with Gasteiger partial charge in [-0.3, -0.25) is 9.59 Å². The maximum absolute atomic E-state index is 13.0. The van der Waals surface area contributed by atoms with Gasteiger partial charge in [0.2, 0.25) is 11.8 Å². The first-order valence-electron chi connectivity index (χ1n) is 8.74. The Labute approximate surface area is 154 Å². The molecule has 8 heteroatoms. The number of carbonyl (C=O) groups is 2. The van der Waals surface area contributed by atoms with E-state index in [0.717, 1.165) is 17.1 Å². The average Bonchev–Trinajstić information content (AvgIpc) is 2.97. The van der Waals surface area contributed by atoms with Crippen LogP contribution in [0.2, 0.25) is 0 Å². The van der Waals surface area contributed by atoms with Crippen LogP contribution in [0.1, 0.15) is 45.1 Å². The van der Waals surface area contributed by atoms with E-state index >= 15 is 0 Å². The normalized spacial score (nSPS) is 18.7. The second kappa shape index (κ2) is 8.07. The lowest BCUT2D eigenvalue weighted by Crippen LogP contribution is -2.49. The van der Waals surface area contributed by atoms with Crippen molar-refractivity contribution < 1.29 is 22.7 Å². The van der Waals surface area contributed by atoms with Gasteiger partial charge in [0.05, 0.1) is 12.0 Å². The molecule has 144 valence electrons. The molecule has 1 heterocycles. The van der Waals surface area contributed by atoms with E-state index < -0.39 is 27.9 Å². The summed E-state index contributed by atoms with van der Waals surface area (Å²) >= 11 is 0. The first-order chi connectivity index (χ1) is 12.2. The smallest absolute Gasteiger partial charge is 0.267 e. The van der Waals surface area contributed by atoms with Gasteiger partial charge in [-0.1, -0.05) is 13.3 Å². The van der Waals surface area contributed by atoms with Gasteiger partial charge in [-0.2, -0.15) is 0 Å². The van der Waals surface area contributed by atoms with Gasteiger partial charge in [0.1, 0.15) is 11.8 Å². The Balaban J connectivity index is 2.31. The summed E-state index contributed by atoms with van der Waals surface area (Å²) in [6.45, 7) is 5.59. The molecule has 2 atom stereocenters. The Morgan fingerprint density at radius 3 is 2.69 bits per heavy atom. The first kappa shape index (κ1) is 20.2. The van der Waals surface area contributed by atoms with E-state index in [0.29, 0.717) is 11.3 Å². The SMILES string of the molecule is CCC[C@@H](C)NC(=O)[C@H]1CCC(=O)N1S(=O)(=O)c1ccc(OC)c(C)c1. The summed E-state index contributed by atoms with van der Waals surface area (Å²) in [4.78, 5) is 24.8. The highest BCUT2D eigenvalue weighted by Crippen LogP contribution is 2.30. The number of rotatable bonds is 7. The third-order valence-corrected chi connectivity index (χ3v) is 6.32. The van der Waals surface area contributed by atoms with Gasteiger partial charge in [0.25, 0.3) is 10.0 Å². The molecule has 0 unspecified atom stereocenters. The molecule has 1 saturated heterocycles. The topological polar surface area (TPSA) is 92.8 Å². The fraction of sp³-hybridized carbons (Fsp3) is 0.556. The van der Waals surface area contributed by atoms with Gasteiger partial charge in [-0.05, 0) is 50.5 Å². The number of nitrogens with zero attached hydrogens (tertiary/aromatic N) is 1. The number of carbonyl (C=O) groups excluding carboxylic acids is 2. The van der Waals surface area contributed by atoms with Gasteiger partial charge in [-0.15, -0.1) is 0 Å². The molecule has 1 fully saturated rings. The van der Waals surface area contributed by atoms with Crippen molar-refractivity contribution in [3.05, 3.63) is 23.8 Å². The highest BCUT2D eigenvalue weighted by molar-refractivity contribution is 7.89. The van der Waals surface area contributed by atoms with Crippen LogP contribution in [-0.4, -0.2) is 43.7 Å². The summed E-state index contributed by atoms with van der Waals surface area (Å²) in [6, 6.07) is 3.31. The monoisotopic (exact) mass is 382 g/mol. The van der Waals surface area contributed by atoms with Crippen molar-refractivity contribution in [1.82, 2.24) is 9.62 Å². The Morgan fingerprint density at radius 1 is 1.42 bits per heavy atom. The van der Waals surface area contributed by atoms with Crippen LogP contribution in [0.5, 0.6) is 5.75 Å².